The van der Waals surface area contributed by atoms with E-state index in [-0.39, 0.29) is 21.7 Å². The summed E-state index contributed by atoms with van der Waals surface area (Å²) in [6.07, 6.45) is 0. The predicted octanol–water partition coefficient (Wildman–Crippen LogP) is 7.13. The van der Waals surface area contributed by atoms with Crippen molar-refractivity contribution in [2.24, 2.45) is 0 Å². The molecule has 178 valence electrons. The topological polar surface area (TPSA) is 20.2 Å². The van der Waals surface area contributed by atoms with Crippen molar-refractivity contribution in [3.05, 3.63) is 52.6 Å². The molecule has 2 rings (SSSR count). The zero-order chi connectivity index (χ0) is 24.7. The van der Waals surface area contributed by atoms with Gasteiger partial charge in [0.1, 0.15) is 5.75 Å². The van der Waals surface area contributed by atoms with Crippen molar-refractivity contribution >= 4 is 26.5 Å². The standard InChI is InChI=1S/C29H46OSSi/c1-26(2,3)20-14-13-15-23(24(20)29(10,11)12)32-18-31-19-16-21(27(4,5)6)25(30)22(17-19)28(7,8)9/h13-17,30H,18,32H2,1-12H3. The molecule has 0 aliphatic heterocycles. The van der Waals surface area contributed by atoms with Gasteiger partial charge in [0.25, 0.3) is 0 Å². The van der Waals surface area contributed by atoms with E-state index < -0.39 is 9.52 Å². The van der Waals surface area contributed by atoms with Crippen LogP contribution in [0.25, 0.3) is 0 Å². The highest BCUT2D eigenvalue weighted by Gasteiger charge is 2.28. The van der Waals surface area contributed by atoms with Gasteiger partial charge in [0.05, 0.1) is 9.52 Å². The van der Waals surface area contributed by atoms with Crippen molar-refractivity contribution in [2.45, 2.75) is 110 Å². The molecule has 1 nitrogen and oxygen atoms in total. The van der Waals surface area contributed by atoms with Crippen LogP contribution in [0.2, 0.25) is 0 Å². The lowest BCUT2D eigenvalue weighted by molar-refractivity contribution is 0.422. The van der Waals surface area contributed by atoms with Gasteiger partial charge >= 0.3 is 0 Å². The number of thioether (sulfide) groups is 1. The largest absolute Gasteiger partial charge is 0.507 e. The minimum atomic E-state index is -0.445. The first-order valence-corrected chi connectivity index (χ1v) is 14.7. The SMILES string of the molecule is CC(C)(C)c1cc(SC[SiH2]c2cccc(C(C)(C)C)c2C(C)(C)C)cc(C(C)(C)C)c1O. The summed E-state index contributed by atoms with van der Waals surface area (Å²) in [6.45, 7) is 27.2. The van der Waals surface area contributed by atoms with Gasteiger partial charge in [-0.3, -0.25) is 0 Å². The molecule has 32 heavy (non-hydrogen) atoms. The van der Waals surface area contributed by atoms with Crippen LogP contribution in [0.5, 0.6) is 5.75 Å². The Morgan fingerprint density at radius 1 is 0.688 bits per heavy atom. The van der Waals surface area contributed by atoms with Crippen molar-refractivity contribution in [1.29, 1.82) is 0 Å². The molecule has 0 bridgehead atoms. The Morgan fingerprint density at radius 2 is 1.16 bits per heavy atom. The third-order valence-corrected chi connectivity index (χ3v) is 9.38. The van der Waals surface area contributed by atoms with E-state index in [1.54, 1.807) is 10.8 Å². The summed E-state index contributed by atoms with van der Waals surface area (Å²) in [4.78, 5) is 1.29. The second kappa shape index (κ2) is 9.22. The van der Waals surface area contributed by atoms with Crippen molar-refractivity contribution in [1.82, 2.24) is 0 Å². The van der Waals surface area contributed by atoms with E-state index in [1.165, 1.54) is 10.5 Å². The van der Waals surface area contributed by atoms with E-state index in [2.05, 4.69) is 113 Å². The Bertz CT molecular complexity index is 912. The van der Waals surface area contributed by atoms with Crippen molar-refractivity contribution in [3.8, 4) is 5.75 Å². The van der Waals surface area contributed by atoms with Crippen LogP contribution in [0, 0.1) is 0 Å². The average molecular weight is 471 g/mol. The molecule has 0 amide bonds. The normalized spacial score (nSPS) is 13.9. The van der Waals surface area contributed by atoms with E-state index >= 15 is 0 Å². The Balaban J connectivity index is 2.39. The van der Waals surface area contributed by atoms with Gasteiger partial charge in [-0.2, -0.15) is 0 Å². The molecular weight excluding hydrogens is 424 g/mol. The highest BCUT2D eigenvalue weighted by molar-refractivity contribution is 8.00. The second-order valence-electron chi connectivity index (χ2n) is 13.3. The van der Waals surface area contributed by atoms with Crippen LogP contribution in [-0.4, -0.2) is 20.0 Å². The monoisotopic (exact) mass is 470 g/mol. The van der Waals surface area contributed by atoms with Gasteiger partial charge in [-0.25, -0.2) is 0 Å². The van der Waals surface area contributed by atoms with Crippen LogP contribution >= 0.6 is 11.8 Å². The summed E-state index contributed by atoms with van der Waals surface area (Å²) in [6, 6.07) is 11.4. The molecule has 0 aromatic heterocycles. The van der Waals surface area contributed by atoms with Crippen LogP contribution < -0.4 is 5.19 Å². The van der Waals surface area contributed by atoms with Crippen LogP contribution in [0.3, 0.4) is 0 Å². The Kier molecular flexibility index (Phi) is 7.79. The van der Waals surface area contributed by atoms with Gasteiger partial charge in [-0.15, -0.1) is 11.8 Å². The molecular formula is C29H46OSSi. The van der Waals surface area contributed by atoms with E-state index in [1.807, 2.05) is 11.8 Å². The fourth-order valence-electron chi connectivity index (χ4n) is 4.43. The maximum absolute atomic E-state index is 11.0. The fraction of sp³-hybridized carbons (Fsp3) is 0.586. The molecule has 0 aliphatic carbocycles. The molecule has 0 unspecified atom stereocenters. The van der Waals surface area contributed by atoms with E-state index in [0.29, 0.717) is 5.75 Å². The molecule has 0 radical (unpaired) electrons. The third kappa shape index (κ3) is 6.44. The first-order chi connectivity index (χ1) is 14.3. The minimum Gasteiger partial charge on any atom is -0.507 e. The molecule has 2 aromatic carbocycles. The number of benzene rings is 2. The molecule has 0 spiro atoms. The maximum atomic E-state index is 11.0. The zero-order valence-corrected chi connectivity index (χ0v) is 24.9. The van der Waals surface area contributed by atoms with Gasteiger partial charge in [0.15, 0.2) is 0 Å². The molecule has 0 aliphatic rings. The lowest BCUT2D eigenvalue weighted by atomic mass is 9.75. The molecule has 0 atom stereocenters. The maximum Gasteiger partial charge on any atom is 0.123 e. The Labute approximate surface area is 204 Å². The predicted molar refractivity (Wildman–Crippen MR) is 148 cm³/mol. The quantitative estimate of drug-likeness (QED) is 0.379. The summed E-state index contributed by atoms with van der Waals surface area (Å²) >= 11 is 1.97. The second-order valence-corrected chi connectivity index (χ2v) is 17.0. The number of aromatic hydroxyl groups is 1. The first-order valence-electron chi connectivity index (χ1n) is 12.0. The zero-order valence-electron chi connectivity index (χ0n) is 22.7. The summed E-state index contributed by atoms with van der Waals surface area (Å²) in [7, 11) is -0.445. The molecule has 0 fully saturated rings. The number of hydrogen-bond donors (Lipinski definition) is 1. The van der Waals surface area contributed by atoms with Gasteiger partial charge in [0, 0.05) is 16.0 Å². The van der Waals surface area contributed by atoms with Crippen molar-refractivity contribution in [3.63, 3.8) is 0 Å². The minimum absolute atomic E-state index is 0.0848. The van der Waals surface area contributed by atoms with Crippen molar-refractivity contribution < 1.29 is 5.11 Å². The van der Waals surface area contributed by atoms with Crippen LogP contribution in [-0.2, 0) is 21.7 Å². The molecule has 1 N–H and O–H groups in total. The summed E-state index contributed by atoms with van der Waals surface area (Å²) in [5.74, 6) is 0.472. The number of rotatable bonds is 4. The van der Waals surface area contributed by atoms with Gasteiger partial charge in [0.2, 0.25) is 0 Å². The number of phenols is 1. The smallest absolute Gasteiger partial charge is 0.123 e. The van der Waals surface area contributed by atoms with E-state index in [0.717, 1.165) is 16.5 Å². The average Bonchev–Trinajstić information content (AvgIpc) is 2.59. The Hall–Kier alpha value is -1.19. The fourth-order valence-corrected chi connectivity index (χ4v) is 8.34. The highest BCUT2D eigenvalue weighted by atomic mass is 32.2. The number of hydrogen-bond acceptors (Lipinski definition) is 2. The van der Waals surface area contributed by atoms with E-state index in [9.17, 15) is 5.11 Å². The molecule has 0 heterocycles. The van der Waals surface area contributed by atoms with Gasteiger partial charge in [-0.1, -0.05) is 106 Å². The number of phenolic OH excluding ortho intramolecular Hbond substituents is 1. The molecule has 2 aromatic rings. The summed E-state index contributed by atoms with van der Waals surface area (Å²) in [5.41, 5.74) is 5.30. The van der Waals surface area contributed by atoms with Crippen LogP contribution in [0.4, 0.5) is 0 Å². The summed E-state index contributed by atoms with van der Waals surface area (Å²) in [5, 5.41) is 13.8. The van der Waals surface area contributed by atoms with Gasteiger partial charge in [-0.05, 0) is 50.3 Å². The highest BCUT2D eigenvalue weighted by Crippen LogP contribution is 2.41. The van der Waals surface area contributed by atoms with Crippen LogP contribution in [0.15, 0.2) is 35.2 Å². The molecule has 3 heteroatoms. The van der Waals surface area contributed by atoms with Crippen molar-refractivity contribution in [2.75, 3.05) is 5.38 Å². The van der Waals surface area contributed by atoms with E-state index in [4.69, 9.17) is 0 Å². The van der Waals surface area contributed by atoms with Crippen LogP contribution in [0.1, 0.15) is 105 Å². The lowest BCUT2D eigenvalue weighted by Crippen LogP contribution is -2.33. The van der Waals surface area contributed by atoms with Gasteiger partial charge < -0.3 is 5.11 Å². The molecule has 0 saturated carbocycles. The first kappa shape index (κ1) is 27.1. The third-order valence-electron chi connectivity index (χ3n) is 6.05. The summed E-state index contributed by atoms with van der Waals surface area (Å²) < 4.78 is 0. The Morgan fingerprint density at radius 3 is 1.56 bits per heavy atom. The lowest BCUT2D eigenvalue weighted by Gasteiger charge is -2.32. The molecule has 0 saturated heterocycles.